The Morgan fingerprint density at radius 2 is 1.67 bits per heavy atom. The summed E-state index contributed by atoms with van der Waals surface area (Å²) in [5.74, 6) is -0.139. The molecule has 0 saturated carbocycles. The second kappa shape index (κ2) is 7.41. The van der Waals surface area contributed by atoms with Crippen LogP contribution in [0.3, 0.4) is 0 Å². The minimum atomic E-state index is -0.360. The number of ether oxygens (including phenoxy) is 1. The Morgan fingerprint density at radius 3 is 2.29 bits per heavy atom. The molecule has 0 bridgehead atoms. The molecule has 0 aliphatic rings. The second-order valence-electron chi connectivity index (χ2n) is 5.81. The fourth-order valence-corrected chi connectivity index (χ4v) is 3.43. The predicted molar refractivity (Wildman–Crippen MR) is 97.2 cm³/mol. The third kappa shape index (κ3) is 3.71. The summed E-state index contributed by atoms with van der Waals surface area (Å²) < 4.78 is 5.46. The van der Waals surface area contributed by atoms with Crippen molar-refractivity contribution in [1.29, 1.82) is 0 Å². The van der Waals surface area contributed by atoms with Crippen LogP contribution in [0.4, 0.5) is 0 Å². The van der Waals surface area contributed by atoms with E-state index in [1.807, 2.05) is 60.7 Å². The number of thiazole rings is 1. The monoisotopic (exact) mass is 337 g/mol. The van der Waals surface area contributed by atoms with Crippen molar-refractivity contribution in [3.8, 4) is 10.6 Å². The van der Waals surface area contributed by atoms with Crippen LogP contribution in [0.5, 0.6) is 0 Å². The lowest BCUT2D eigenvalue weighted by atomic mass is 10.1. The van der Waals surface area contributed by atoms with Crippen LogP contribution >= 0.6 is 11.3 Å². The zero-order valence-corrected chi connectivity index (χ0v) is 14.5. The summed E-state index contributed by atoms with van der Waals surface area (Å²) in [5.41, 5.74) is 2.42. The Bertz CT molecular complexity index is 810. The van der Waals surface area contributed by atoms with Gasteiger partial charge >= 0.3 is 5.97 Å². The van der Waals surface area contributed by atoms with Crippen LogP contribution in [-0.2, 0) is 11.3 Å². The normalized spacial score (nSPS) is 10.8. The highest BCUT2D eigenvalue weighted by Crippen LogP contribution is 2.33. The molecular formula is C20H19NO2S. The average molecular weight is 337 g/mol. The van der Waals surface area contributed by atoms with E-state index < -0.39 is 0 Å². The Hall–Kier alpha value is -2.46. The van der Waals surface area contributed by atoms with Crippen molar-refractivity contribution in [1.82, 2.24) is 4.98 Å². The smallest absolute Gasteiger partial charge is 0.358 e. The maximum Gasteiger partial charge on any atom is 0.358 e. The Labute approximate surface area is 146 Å². The number of nitrogens with zero attached hydrogens (tertiary/aromatic N) is 1. The third-order valence-corrected chi connectivity index (χ3v) is 5.01. The lowest BCUT2D eigenvalue weighted by molar-refractivity contribution is 0.0465. The Kier molecular flexibility index (Phi) is 5.06. The molecule has 0 aliphatic carbocycles. The number of esters is 1. The lowest BCUT2D eigenvalue weighted by Crippen LogP contribution is -2.08. The summed E-state index contributed by atoms with van der Waals surface area (Å²) in [6.45, 7) is 4.39. The van der Waals surface area contributed by atoms with E-state index in [1.165, 1.54) is 0 Å². The van der Waals surface area contributed by atoms with Crippen LogP contribution in [0, 0.1) is 0 Å². The predicted octanol–water partition coefficient (Wildman–Crippen LogP) is 5.29. The lowest BCUT2D eigenvalue weighted by Gasteiger charge is -2.06. The molecular weight excluding hydrogens is 318 g/mol. The maximum absolute atomic E-state index is 12.5. The van der Waals surface area contributed by atoms with Crippen LogP contribution in [0.2, 0.25) is 0 Å². The maximum atomic E-state index is 12.5. The quantitative estimate of drug-likeness (QED) is 0.594. The summed E-state index contributed by atoms with van der Waals surface area (Å²) in [6.07, 6.45) is 0. The zero-order valence-electron chi connectivity index (χ0n) is 13.7. The number of aromatic nitrogens is 1. The largest absolute Gasteiger partial charge is 0.456 e. The molecule has 0 fully saturated rings. The fourth-order valence-electron chi connectivity index (χ4n) is 2.37. The number of carbonyl (C=O) groups is 1. The van der Waals surface area contributed by atoms with E-state index >= 15 is 0 Å². The van der Waals surface area contributed by atoms with E-state index in [2.05, 4.69) is 18.8 Å². The number of carbonyl (C=O) groups excluding carboxylic acids is 1. The third-order valence-electron chi connectivity index (χ3n) is 3.60. The number of benzene rings is 2. The van der Waals surface area contributed by atoms with E-state index in [4.69, 9.17) is 4.74 Å². The SMILES string of the molecule is CC(C)c1sc(-c2ccccc2)nc1C(=O)OCc1ccccc1. The standard InChI is InChI=1S/C20H19NO2S/c1-14(2)18-17(20(22)23-13-15-9-5-3-6-10-15)21-19(24-18)16-11-7-4-8-12-16/h3-12,14H,13H2,1-2H3. The number of hydrogen-bond donors (Lipinski definition) is 0. The van der Waals surface area contributed by atoms with E-state index in [0.717, 1.165) is 21.0 Å². The van der Waals surface area contributed by atoms with E-state index in [-0.39, 0.29) is 18.5 Å². The van der Waals surface area contributed by atoms with E-state index in [1.54, 1.807) is 11.3 Å². The van der Waals surface area contributed by atoms with Gasteiger partial charge in [-0.15, -0.1) is 11.3 Å². The van der Waals surface area contributed by atoms with E-state index in [9.17, 15) is 4.79 Å². The molecule has 0 atom stereocenters. The highest BCUT2D eigenvalue weighted by atomic mass is 32.1. The molecule has 3 aromatic rings. The van der Waals surface area contributed by atoms with Crippen molar-refractivity contribution in [2.45, 2.75) is 26.4 Å². The van der Waals surface area contributed by atoms with Crippen molar-refractivity contribution in [2.75, 3.05) is 0 Å². The van der Waals surface area contributed by atoms with Gasteiger partial charge in [-0.3, -0.25) is 0 Å². The van der Waals surface area contributed by atoms with Gasteiger partial charge in [0, 0.05) is 10.4 Å². The first kappa shape index (κ1) is 16.4. The number of hydrogen-bond acceptors (Lipinski definition) is 4. The van der Waals surface area contributed by atoms with Crippen molar-refractivity contribution < 1.29 is 9.53 Å². The highest BCUT2D eigenvalue weighted by molar-refractivity contribution is 7.15. The van der Waals surface area contributed by atoms with E-state index in [0.29, 0.717) is 5.69 Å². The molecule has 1 heterocycles. The summed E-state index contributed by atoms with van der Waals surface area (Å²) in [7, 11) is 0. The van der Waals surface area contributed by atoms with Crippen LogP contribution in [-0.4, -0.2) is 11.0 Å². The van der Waals surface area contributed by atoms with Gasteiger partial charge in [-0.05, 0) is 11.5 Å². The summed E-state index contributed by atoms with van der Waals surface area (Å²) in [4.78, 5) is 18.0. The Morgan fingerprint density at radius 1 is 1.04 bits per heavy atom. The molecule has 3 rings (SSSR count). The van der Waals surface area contributed by atoms with Gasteiger partial charge in [0.2, 0.25) is 0 Å². The van der Waals surface area contributed by atoms with Crippen LogP contribution < -0.4 is 0 Å². The Balaban J connectivity index is 1.83. The highest BCUT2D eigenvalue weighted by Gasteiger charge is 2.22. The van der Waals surface area contributed by atoms with Crippen LogP contribution in [0.1, 0.15) is 40.7 Å². The first-order valence-corrected chi connectivity index (χ1v) is 8.74. The molecule has 0 spiro atoms. The van der Waals surface area contributed by atoms with Gasteiger partial charge < -0.3 is 4.74 Å². The minimum absolute atomic E-state index is 0.222. The van der Waals surface area contributed by atoms with Crippen molar-refractivity contribution >= 4 is 17.3 Å². The molecule has 0 unspecified atom stereocenters. The van der Waals surface area contributed by atoms with Crippen molar-refractivity contribution in [3.05, 3.63) is 76.8 Å². The molecule has 4 heteroatoms. The summed E-state index contributed by atoms with van der Waals surface area (Å²) in [6, 6.07) is 19.6. The first-order valence-electron chi connectivity index (χ1n) is 7.92. The van der Waals surface area contributed by atoms with Crippen molar-refractivity contribution in [3.63, 3.8) is 0 Å². The zero-order chi connectivity index (χ0) is 16.9. The second-order valence-corrected chi connectivity index (χ2v) is 6.84. The average Bonchev–Trinajstić information content (AvgIpc) is 3.07. The molecule has 1 aromatic heterocycles. The molecule has 0 saturated heterocycles. The van der Waals surface area contributed by atoms with Crippen molar-refractivity contribution in [2.24, 2.45) is 0 Å². The fraction of sp³-hybridized carbons (Fsp3) is 0.200. The number of rotatable bonds is 5. The summed E-state index contributed by atoms with van der Waals surface area (Å²) in [5, 5.41) is 0.853. The summed E-state index contributed by atoms with van der Waals surface area (Å²) >= 11 is 1.56. The van der Waals surface area contributed by atoms with Gasteiger partial charge in [-0.1, -0.05) is 74.5 Å². The molecule has 3 nitrogen and oxygen atoms in total. The topological polar surface area (TPSA) is 39.2 Å². The molecule has 24 heavy (non-hydrogen) atoms. The van der Waals surface area contributed by atoms with Gasteiger partial charge in [0.1, 0.15) is 11.6 Å². The first-order chi connectivity index (χ1) is 11.6. The van der Waals surface area contributed by atoms with Gasteiger partial charge in [-0.2, -0.15) is 0 Å². The van der Waals surface area contributed by atoms with Gasteiger partial charge in [0.05, 0.1) is 0 Å². The van der Waals surface area contributed by atoms with Gasteiger partial charge in [0.15, 0.2) is 5.69 Å². The van der Waals surface area contributed by atoms with Gasteiger partial charge in [-0.25, -0.2) is 9.78 Å². The minimum Gasteiger partial charge on any atom is -0.456 e. The molecule has 0 amide bonds. The van der Waals surface area contributed by atoms with Crippen LogP contribution in [0.25, 0.3) is 10.6 Å². The molecule has 0 aliphatic heterocycles. The van der Waals surface area contributed by atoms with Gasteiger partial charge in [0.25, 0.3) is 0 Å². The van der Waals surface area contributed by atoms with Crippen LogP contribution in [0.15, 0.2) is 60.7 Å². The molecule has 2 aromatic carbocycles. The molecule has 0 radical (unpaired) electrons. The molecule has 0 N–H and O–H groups in total. The molecule has 122 valence electrons.